The van der Waals surface area contributed by atoms with Gasteiger partial charge in [0.25, 0.3) is 0 Å². The Hall–Kier alpha value is -2.82. The van der Waals surface area contributed by atoms with Gasteiger partial charge in [-0.3, -0.25) is 0 Å². The van der Waals surface area contributed by atoms with Crippen LogP contribution in [-0.2, 0) is 14.2 Å². The molecule has 14 heteroatoms. The largest absolute Gasteiger partial charge is 0.456 e. The number of guanidine groups is 1. The Kier molecular flexibility index (Phi) is 6.75. The van der Waals surface area contributed by atoms with Gasteiger partial charge in [0.2, 0.25) is 24.8 Å². The van der Waals surface area contributed by atoms with Gasteiger partial charge in [0.1, 0.15) is 18.3 Å². The number of ether oxygens (including phenoxy) is 3. The quantitative estimate of drug-likeness (QED) is 0.178. The summed E-state index contributed by atoms with van der Waals surface area (Å²) in [5.74, 6) is -1.23. The number of amides is 2. The van der Waals surface area contributed by atoms with Crippen LogP contribution in [0.4, 0.5) is 4.79 Å². The fourth-order valence-corrected chi connectivity index (χ4v) is 4.28. The van der Waals surface area contributed by atoms with Gasteiger partial charge in [-0.15, -0.1) is 9.48 Å². The summed E-state index contributed by atoms with van der Waals surface area (Å²) in [6, 6.07) is 6.82. The highest BCUT2D eigenvalue weighted by Crippen LogP contribution is 2.39. The number of carbonyl (C=O) groups is 2. The van der Waals surface area contributed by atoms with Crippen LogP contribution in [0.1, 0.15) is 10.4 Å². The van der Waals surface area contributed by atoms with Crippen molar-refractivity contribution in [3.63, 3.8) is 0 Å². The third-order valence-corrected chi connectivity index (χ3v) is 6.02. The number of hydrogen-bond donors (Lipinski definition) is 6. The highest BCUT2D eigenvalue weighted by molar-refractivity contribution is 5.98. The molecule has 0 aromatic heterocycles. The Morgan fingerprint density at radius 2 is 1.62 bits per heavy atom. The number of nitrogens with zero attached hydrogens (tertiary/aromatic N) is 3. The molecule has 0 aliphatic carbocycles. The van der Waals surface area contributed by atoms with E-state index >= 15 is 0 Å². The van der Waals surface area contributed by atoms with Crippen LogP contribution < -0.4 is 5.73 Å². The summed E-state index contributed by atoms with van der Waals surface area (Å²) >= 11 is 0. The van der Waals surface area contributed by atoms with E-state index in [4.69, 9.17) is 19.9 Å². The minimum Gasteiger partial charge on any atom is -0.453 e. The molecule has 1 aromatic rings. The lowest BCUT2D eigenvalue weighted by Crippen LogP contribution is -2.70. The van der Waals surface area contributed by atoms with Crippen molar-refractivity contribution >= 4 is 24.3 Å². The number of esters is 1. The zero-order valence-corrected chi connectivity index (χ0v) is 17.7. The van der Waals surface area contributed by atoms with Crippen LogP contribution >= 0.6 is 0 Å². The maximum atomic E-state index is 13.2. The van der Waals surface area contributed by atoms with E-state index in [2.05, 4.69) is 9.98 Å². The molecule has 184 valence electrons. The molecule has 1 unspecified atom stereocenters. The molecule has 7 N–H and O–H groups in total. The first-order valence-corrected chi connectivity index (χ1v) is 10.4. The number of hydrogen-bond acceptors (Lipinski definition) is 12. The van der Waals surface area contributed by atoms with E-state index in [1.165, 1.54) is 12.1 Å². The number of quaternary nitrogens is 1. The molecule has 0 spiro atoms. The monoisotopic (exact) mass is 481 g/mol. The third kappa shape index (κ3) is 3.89. The second-order valence-corrected chi connectivity index (χ2v) is 8.03. The molecule has 3 heterocycles. The zero-order chi connectivity index (χ0) is 24.6. The second-order valence-electron chi connectivity index (χ2n) is 8.03. The molecule has 9 atom stereocenters. The average Bonchev–Trinajstić information content (AvgIpc) is 3.31. The standard InChI is InChI=1S/C20H24N4O10/c21-19-22-8-24(20(31)23-19,16-13(28)12(27)10(6-25)32-16)17-14(29)15(11(7-26)33-17)34-18(30)9-4-2-1-3-5-9/h1-5,8,10-17,25-29H,6-7H2,(H-,21,23,31)/p+1/t10-,11-,12-,13-,14+,15-,16-,17-,24?/m1/s1. The van der Waals surface area contributed by atoms with Crippen molar-refractivity contribution in [2.75, 3.05) is 13.2 Å². The van der Waals surface area contributed by atoms with Crippen molar-refractivity contribution in [1.29, 1.82) is 0 Å². The molecule has 1 aromatic carbocycles. The lowest BCUT2D eigenvalue weighted by molar-refractivity contribution is -0.864. The first-order valence-electron chi connectivity index (χ1n) is 10.4. The molecule has 0 saturated carbocycles. The molecule has 34 heavy (non-hydrogen) atoms. The summed E-state index contributed by atoms with van der Waals surface area (Å²) in [6.07, 6.45) is -11.4. The fraction of sp³-hybridized carbons (Fsp3) is 0.500. The number of aliphatic imine (C=N–C) groups is 2. The Morgan fingerprint density at radius 3 is 2.21 bits per heavy atom. The van der Waals surface area contributed by atoms with Gasteiger partial charge in [0.05, 0.1) is 18.8 Å². The van der Waals surface area contributed by atoms with Crippen molar-refractivity contribution < 1.29 is 53.8 Å². The summed E-state index contributed by atoms with van der Waals surface area (Å²) in [6.45, 7) is -1.39. The van der Waals surface area contributed by atoms with Crippen LogP contribution in [0.2, 0.25) is 0 Å². The van der Waals surface area contributed by atoms with E-state index in [1.807, 2.05) is 0 Å². The Bertz CT molecular complexity index is 991. The highest BCUT2D eigenvalue weighted by Gasteiger charge is 2.67. The second kappa shape index (κ2) is 9.44. The molecule has 2 amide bonds. The number of aliphatic hydroxyl groups is 5. The van der Waals surface area contributed by atoms with Gasteiger partial charge in [-0.25, -0.2) is 9.59 Å². The Labute approximate surface area is 192 Å². The van der Waals surface area contributed by atoms with Crippen LogP contribution in [-0.4, -0.2) is 117 Å². The number of benzene rings is 1. The summed E-state index contributed by atoms with van der Waals surface area (Å²) in [4.78, 5) is 33.1. The maximum absolute atomic E-state index is 13.2. The average molecular weight is 481 g/mol. The summed E-state index contributed by atoms with van der Waals surface area (Å²) in [5.41, 5.74) is 5.70. The van der Waals surface area contributed by atoms with Gasteiger partial charge in [0, 0.05) is 0 Å². The molecule has 3 aliphatic heterocycles. The molecule has 2 fully saturated rings. The minimum atomic E-state index is -1.74. The first kappa shape index (κ1) is 24.3. The molecule has 2 saturated heterocycles. The van der Waals surface area contributed by atoms with E-state index in [9.17, 15) is 35.1 Å². The van der Waals surface area contributed by atoms with Crippen molar-refractivity contribution in [3.05, 3.63) is 35.9 Å². The Morgan fingerprint density at radius 1 is 1.00 bits per heavy atom. The van der Waals surface area contributed by atoms with E-state index < -0.39 is 84.7 Å². The molecule has 0 radical (unpaired) electrons. The van der Waals surface area contributed by atoms with Crippen LogP contribution in [0.25, 0.3) is 0 Å². The number of urea groups is 1. The van der Waals surface area contributed by atoms with Gasteiger partial charge in [0.15, 0.2) is 18.3 Å². The van der Waals surface area contributed by atoms with Gasteiger partial charge in [-0.2, -0.15) is 4.99 Å². The number of aliphatic hydroxyl groups excluding tert-OH is 5. The minimum absolute atomic E-state index is 0.176. The predicted molar refractivity (Wildman–Crippen MR) is 111 cm³/mol. The van der Waals surface area contributed by atoms with Crippen molar-refractivity contribution in [1.82, 2.24) is 0 Å². The van der Waals surface area contributed by atoms with E-state index in [0.717, 1.165) is 6.34 Å². The van der Waals surface area contributed by atoms with Crippen LogP contribution in [0, 0.1) is 0 Å². The maximum Gasteiger partial charge on any atom is 0.456 e. The summed E-state index contributed by atoms with van der Waals surface area (Å²) in [5, 5.41) is 51.3. The third-order valence-electron chi connectivity index (χ3n) is 6.02. The summed E-state index contributed by atoms with van der Waals surface area (Å²) in [7, 11) is 0. The van der Waals surface area contributed by atoms with Crippen molar-refractivity contribution in [2.45, 2.75) is 49.1 Å². The topological polar surface area (TPSA) is 214 Å². The van der Waals surface area contributed by atoms with Crippen LogP contribution in [0.3, 0.4) is 0 Å². The van der Waals surface area contributed by atoms with Crippen molar-refractivity contribution in [2.24, 2.45) is 15.7 Å². The SMILES string of the molecule is NC1=NC(=O)[N+]([C@@H]2O[C@H](CO)[C@@H](O)[C@H]2O)([C@@H]2O[C@H](CO)[C@@H](OC(=O)c3ccccc3)[C@@H]2O)C=N1. The molecular formula is C20H25N4O10+. The molecule has 14 nitrogen and oxygen atoms in total. The Balaban J connectivity index is 1.69. The highest BCUT2D eigenvalue weighted by atomic mass is 16.6. The lowest BCUT2D eigenvalue weighted by atomic mass is 10.1. The lowest BCUT2D eigenvalue weighted by Gasteiger charge is -2.40. The zero-order valence-electron chi connectivity index (χ0n) is 17.7. The number of rotatable bonds is 6. The van der Waals surface area contributed by atoms with E-state index in [0.29, 0.717) is 0 Å². The number of carbonyl (C=O) groups excluding carboxylic acids is 2. The van der Waals surface area contributed by atoms with E-state index in [1.54, 1.807) is 18.2 Å². The van der Waals surface area contributed by atoms with Crippen LogP contribution in [0.5, 0.6) is 0 Å². The van der Waals surface area contributed by atoms with Gasteiger partial charge < -0.3 is 45.5 Å². The first-order chi connectivity index (χ1) is 16.2. The van der Waals surface area contributed by atoms with Gasteiger partial charge >= 0.3 is 12.0 Å². The fourth-order valence-electron chi connectivity index (χ4n) is 4.28. The smallest absolute Gasteiger partial charge is 0.453 e. The van der Waals surface area contributed by atoms with Crippen molar-refractivity contribution in [3.8, 4) is 0 Å². The molecular weight excluding hydrogens is 456 g/mol. The van der Waals surface area contributed by atoms with Gasteiger partial charge in [-0.1, -0.05) is 18.2 Å². The predicted octanol–water partition coefficient (Wildman–Crippen LogP) is -2.98. The molecule has 0 bridgehead atoms. The van der Waals surface area contributed by atoms with E-state index in [-0.39, 0.29) is 5.56 Å². The number of nitrogens with two attached hydrogens (primary N) is 1. The normalized spacial score (nSPS) is 39.8. The van der Waals surface area contributed by atoms with Crippen LogP contribution in [0.15, 0.2) is 40.3 Å². The molecule has 3 aliphatic rings. The molecule has 4 rings (SSSR count). The van der Waals surface area contributed by atoms with Gasteiger partial charge in [-0.05, 0) is 12.1 Å². The summed E-state index contributed by atoms with van der Waals surface area (Å²) < 4.78 is 15.4.